The lowest BCUT2D eigenvalue weighted by molar-refractivity contribution is -0.143. The van der Waals surface area contributed by atoms with E-state index >= 15 is 0 Å². The van der Waals surface area contributed by atoms with Crippen molar-refractivity contribution in [1.82, 2.24) is 9.29 Å². The quantitative estimate of drug-likeness (QED) is 0.389. The maximum absolute atomic E-state index is 13.5. The summed E-state index contributed by atoms with van der Waals surface area (Å²) in [5.74, 6) is 0.559. The molecule has 0 saturated heterocycles. The Hall–Kier alpha value is -3.32. The van der Waals surface area contributed by atoms with Crippen LogP contribution in [0.4, 0.5) is 26.3 Å². The van der Waals surface area contributed by atoms with Crippen LogP contribution in [0, 0.1) is 0 Å². The monoisotopic (exact) mass is 546 g/mol. The van der Waals surface area contributed by atoms with Gasteiger partial charge in [-0.25, -0.2) is 13.4 Å². The number of benzene rings is 2. The van der Waals surface area contributed by atoms with Gasteiger partial charge in [0.15, 0.2) is 0 Å². The number of hydrogen-bond acceptors (Lipinski definition) is 5. The molecule has 0 amide bonds. The van der Waals surface area contributed by atoms with Crippen LogP contribution in [0.1, 0.15) is 23.1 Å². The van der Waals surface area contributed by atoms with Gasteiger partial charge in [0.05, 0.1) is 29.7 Å². The van der Waals surface area contributed by atoms with Gasteiger partial charge in [-0.2, -0.15) is 30.6 Å². The van der Waals surface area contributed by atoms with Crippen LogP contribution >= 0.6 is 0 Å². The molecule has 0 saturated carbocycles. The average molecular weight is 546 g/mol. The molecule has 0 atom stereocenters. The molecular weight excluding hydrogens is 526 g/mol. The summed E-state index contributed by atoms with van der Waals surface area (Å²) in [4.78, 5) is 3.05. The third-order valence-electron chi connectivity index (χ3n) is 5.74. The van der Waals surface area contributed by atoms with E-state index in [1.54, 1.807) is 30.3 Å². The fourth-order valence-electron chi connectivity index (χ4n) is 3.96. The second-order valence-electron chi connectivity index (χ2n) is 8.12. The van der Waals surface area contributed by atoms with Crippen molar-refractivity contribution < 1.29 is 44.2 Å². The Kier molecular flexibility index (Phi) is 7.12. The Balaban J connectivity index is 1.85. The van der Waals surface area contributed by atoms with Crippen LogP contribution in [0.25, 0.3) is 11.1 Å². The summed E-state index contributed by atoms with van der Waals surface area (Å²) in [6.07, 6.45) is -8.81. The summed E-state index contributed by atoms with van der Waals surface area (Å²) in [6.45, 7) is -0.589. The summed E-state index contributed by atoms with van der Waals surface area (Å²) in [7, 11) is -3.36. The zero-order valence-electron chi connectivity index (χ0n) is 19.2. The molecular formula is C24H20F6N2O4S. The zero-order valence-corrected chi connectivity index (χ0v) is 20.0. The fourth-order valence-corrected chi connectivity index (χ4v) is 5.48. The first-order valence-corrected chi connectivity index (χ1v) is 12.3. The number of methoxy groups -OCH3 is 1. The molecule has 3 aromatic rings. The number of nitrogens with zero attached hydrogens (tertiary/aromatic N) is 2. The van der Waals surface area contributed by atoms with Crippen LogP contribution in [-0.2, 0) is 28.9 Å². The Morgan fingerprint density at radius 1 is 0.946 bits per heavy atom. The molecule has 0 fully saturated rings. The lowest BCUT2D eigenvalue weighted by Gasteiger charge is -2.27. The van der Waals surface area contributed by atoms with E-state index in [9.17, 15) is 34.8 Å². The van der Waals surface area contributed by atoms with Crippen LogP contribution in [-0.4, -0.2) is 38.0 Å². The van der Waals surface area contributed by atoms with Crippen LogP contribution in [0.3, 0.4) is 0 Å². The minimum Gasteiger partial charge on any atom is -0.496 e. The average Bonchev–Trinajstić information content (AvgIpc) is 2.82. The number of hydrogen-bond donors (Lipinski definition) is 0. The molecule has 1 aliphatic heterocycles. The van der Waals surface area contributed by atoms with Crippen molar-refractivity contribution in [2.24, 2.45) is 0 Å². The molecule has 13 heteroatoms. The molecule has 4 rings (SSSR count). The highest BCUT2D eigenvalue weighted by Crippen LogP contribution is 2.40. The number of fused-ring (bicyclic) bond motifs is 1. The van der Waals surface area contributed by atoms with E-state index in [2.05, 4.69) is 4.98 Å². The molecule has 2 aromatic carbocycles. The number of sulfonamides is 1. The number of ether oxygens (including phenoxy) is 2. The first kappa shape index (κ1) is 26.7. The highest BCUT2D eigenvalue weighted by atomic mass is 32.2. The van der Waals surface area contributed by atoms with Crippen molar-refractivity contribution in [3.63, 3.8) is 0 Å². The molecule has 6 nitrogen and oxygen atoms in total. The lowest BCUT2D eigenvalue weighted by Crippen LogP contribution is -2.34. The molecule has 1 aromatic heterocycles. The predicted molar refractivity (Wildman–Crippen MR) is 120 cm³/mol. The van der Waals surface area contributed by atoms with E-state index in [0.29, 0.717) is 22.4 Å². The second kappa shape index (κ2) is 9.86. The maximum Gasteiger partial charge on any atom is 0.416 e. The second-order valence-corrected chi connectivity index (χ2v) is 10.1. The minimum absolute atomic E-state index is 0.0256. The van der Waals surface area contributed by atoms with E-state index in [4.69, 9.17) is 9.47 Å². The van der Waals surface area contributed by atoms with Gasteiger partial charge in [-0.1, -0.05) is 18.2 Å². The molecule has 1 aliphatic rings. The van der Waals surface area contributed by atoms with Gasteiger partial charge < -0.3 is 9.47 Å². The lowest BCUT2D eigenvalue weighted by atomic mass is 10.00. The Morgan fingerprint density at radius 2 is 1.59 bits per heavy atom. The van der Waals surface area contributed by atoms with Crippen molar-refractivity contribution in [2.75, 3.05) is 20.3 Å². The number of aromatic nitrogens is 1. The topological polar surface area (TPSA) is 68.7 Å². The molecule has 0 unspecified atom stereocenters. The van der Waals surface area contributed by atoms with Crippen LogP contribution < -0.4 is 9.47 Å². The number of halogens is 6. The standard InChI is InChI=1S/C24H20F6N2O4S/c1-35-21-6-3-2-5-19(21)18-7-8-31-22-20(18)14-32(9-4-10-36-22)37(33,34)17-12-15(23(25,26)27)11-16(13-17)24(28,29)30/h2-3,5-8,11-13H,4,9-10,14H2,1H3. The van der Waals surface area contributed by atoms with Gasteiger partial charge in [-0.3, -0.25) is 0 Å². The van der Waals surface area contributed by atoms with E-state index < -0.39 is 44.9 Å². The van der Waals surface area contributed by atoms with Crippen LogP contribution in [0.5, 0.6) is 11.6 Å². The molecule has 0 N–H and O–H groups in total. The smallest absolute Gasteiger partial charge is 0.416 e. The summed E-state index contributed by atoms with van der Waals surface area (Å²) < 4.78 is 119. The van der Waals surface area contributed by atoms with Gasteiger partial charge in [0.2, 0.25) is 15.9 Å². The Morgan fingerprint density at radius 3 is 2.22 bits per heavy atom. The molecule has 2 heterocycles. The van der Waals surface area contributed by atoms with E-state index in [-0.39, 0.29) is 43.7 Å². The summed E-state index contributed by atoms with van der Waals surface area (Å²) in [5, 5.41) is 0. The van der Waals surface area contributed by atoms with Crippen LogP contribution in [0.15, 0.2) is 59.6 Å². The van der Waals surface area contributed by atoms with Gasteiger partial charge in [0, 0.05) is 30.4 Å². The first-order chi connectivity index (χ1) is 17.3. The van der Waals surface area contributed by atoms with Crippen molar-refractivity contribution >= 4 is 10.0 Å². The summed E-state index contributed by atoms with van der Waals surface area (Å²) >= 11 is 0. The van der Waals surface area contributed by atoms with Gasteiger partial charge in [0.1, 0.15) is 5.75 Å². The number of rotatable bonds is 4. The highest BCUT2D eigenvalue weighted by Gasteiger charge is 2.39. The molecule has 37 heavy (non-hydrogen) atoms. The van der Waals surface area contributed by atoms with Crippen molar-refractivity contribution in [3.8, 4) is 22.8 Å². The van der Waals surface area contributed by atoms with E-state index in [1.165, 1.54) is 13.3 Å². The molecule has 0 bridgehead atoms. The first-order valence-electron chi connectivity index (χ1n) is 10.9. The van der Waals surface area contributed by atoms with Crippen molar-refractivity contribution in [2.45, 2.75) is 30.2 Å². The maximum atomic E-state index is 13.5. The number of pyridine rings is 1. The number of alkyl halides is 6. The third-order valence-corrected chi connectivity index (χ3v) is 7.56. The largest absolute Gasteiger partial charge is 0.496 e. The van der Waals surface area contributed by atoms with Crippen molar-refractivity contribution in [1.29, 1.82) is 0 Å². The van der Waals surface area contributed by atoms with E-state index in [0.717, 1.165) is 4.31 Å². The zero-order chi connectivity index (χ0) is 27.0. The highest BCUT2D eigenvalue weighted by molar-refractivity contribution is 7.89. The molecule has 0 radical (unpaired) electrons. The van der Waals surface area contributed by atoms with Gasteiger partial charge in [-0.15, -0.1) is 0 Å². The molecule has 198 valence electrons. The molecule has 0 aliphatic carbocycles. The Bertz CT molecular complexity index is 1370. The van der Waals surface area contributed by atoms with Gasteiger partial charge in [-0.05, 0) is 42.3 Å². The fraction of sp³-hybridized carbons (Fsp3) is 0.292. The predicted octanol–water partition coefficient (Wildman–Crippen LogP) is 5.77. The summed E-state index contributed by atoms with van der Waals surface area (Å²) in [6, 6.07) is 8.76. The molecule has 0 spiro atoms. The minimum atomic E-state index is -5.19. The normalized spacial score (nSPS) is 15.3. The third kappa shape index (κ3) is 5.52. The summed E-state index contributed by atoms with van der Waals surface area (Å²) in [5.41, 5.74) is -2.08. The van der Waals surface area contributed by atoms with Gasteiger partial charge >= 0.3 is 12.4 Å². The number of para-hydroxylation sites is 1. The van der Waals surface area contributed by atoms with E-state index in [1.807, 2.05) is 0 Å². The SMILES string of the molecule is COc1ccccc1-c1ccnc2c1CN(S(=O)(=O)c1cc(C(F)(F)F)cc(C(F)(F)F)c1)CCCO2. The van der Waals surface area contributed by atoms with Gasteiger partial charge in [0.25, 0.3) is 0 Å². The Labute approximate surface area is 208 Å². The van der Waals surface area contributed by atoms with Crippen LogP contribution in [0.2, 0.25) is 0 Å². The van der Waals surface area contributed by atoms with Crippen molar-refractivity contribution in [3.05, 3.63) is 71.4 Å².